The van der Waals surface area contributed by atoms with Crippen LogP contribution in [0.3, 0.4) is 0 Å². The molecular formula is C10H20N2O2. The van der Waals surface area contributed by atoms with E-state index in [0.717, 1.165) is 32.4 Å². The summed E-state index contributed by atoms with van der Waals surface area (Å²) in [5.41, 5.74) is 5.74. The molecule has 14 heavy (non-hydrogen) atoms. The molecule has 1 saturated heterocycles. The number of hydrogen-bond donors (Lipinski definition) is 2. The Morgan fingerprint density at radius 1 is 1.57 bits per heavy atom. The summed E-state index contributed by atoms with van der Waals surface area (Å²) in [5.74, 6) is 0.321. The molecule has 1 aliphatic rings. The summed E-state index contributed by atoms with van der Waals surface area (Å²) in [5, 5.41) is 3.29. The zero-order valence-electron chi connectivity index (χ0n) is 8.79. The molecule has 0 aromatic carbocycles. The zero-order valence-corrected chi connectivity index (χ0v) is 8.79. The SMILES string of the molecule is CCOC(=O)[C@@H](N)CC1CCNCC1. The van der Waals surface area contributed by atoms with Crippen LogP contribution in [0.4, 0.5) is 0 Å². The van der Waals surface area contributed by atoms with Gasteiger partial charge < -0.3 is 15.8 Å². The molecule has 82 valence electrons. The van der Waals surface area contributed by atoms with Crippen molar-refractivity contribution in [3.05, 3.63) is 0 Å². The van der Waals surface area contributed by atoms with E-state index in [0.29, 0.717) is 12.5 Å². The van der Waals surface area contributed by atoms with E-state index in [1.165, 1.54) is 0 Å². The Balaban J connectivity index is 2.24. The molecule has 0 amide bonds. The van der Waals surface area contributed by atoms with Crippen LogP contribution in [0, 0.1) is 5.92 Å². The maximum atomic E-state index is 11.3. The zero-order chi connectivity index (χ0) is 10.4. The summed E-state index contributed by atoms with van der Waals surface area (Å²) in [4.78, 5) is 11.3. The van der Waals surface area contributed by atoms with Crippen molar-refractivity contribution in [3.63, 3.8) is 0 Å². The molecule has 4 nitrogen and oxygen atoms in total. The second kappa shape index (κ2) is 5.98. The van der Waals surface area contributed by atoms with E-state index in [2.05, 4.69) is 5.32 Å². The first-order chi connectivity index (χ1) is 6.74. The molecule has 1 fully saturated rings. The van der Waals surface area contributed by atoms with Gasteiger partial charge in [-0.2, -0.15) is 0 Å². The van der Waals surface area contributed by atoms with Gasteiger partial charge in [0, 0.05) is 0 Å². The summed E-state index contributed by atoms with van der Waals surface area (Å²) in [6.45, 7) is 4.30. The van der Waals surface area contributed by atoms with Gasteiger partial charge in [-0.15, -0.1) is 0 Å². The summed E-state index contributed by atoms with van der Waals surface area (Å²) in [6.07, 6.45) is 3.00. The minimum Gasteiger partial charge on any atom is -0.465 e. The third-order valence-electron chi connectivity index (χ3n) is 2.64. The van der Waals surface area contributed by atoms with Gasteiger partial charge in [-0.25, -0.2) is 0 Å². The van der Waals surface area contributed by atoms with Crippen LogP contribution in [0.2, 0.25) is 0 Å². The Morgan fingerprint density at radius 2 is 2.21 bits per heavy atom. The van der Waals surface area contributed by atoms with Crippen LogP contribution in [0.5, 0.6) is 0 Å². The number of ether oxygens (including phenoxy) is 1. The Bertz CT molecular complexity index is 179. The number of nitrogens with one attached hydrogen (secondary N) is 1. The number of piperidine rings is 1. The minimum atomic E-state index is -0.432. The van der Waals surface area contributed by atoms with Gasteiger partial charge in [0.25, 0.3) is 0 Å². The van der Waals surface area contributed by atoms with Gasteiger partial charge in [-0.3, -0.25) is 4.79 Å². The van der Waals surface area contributed by atoms with Crippen molar-refractivity contribution in [1.82, 2.24) is 5.32 Å². The minimum absolute atomic E-state index is 0.258. The number of hydrogen-bond acceptors (Lipinski definition) is 4. The molecule has 1 rings (SSSR count). The quantitative estimate of drug-likeness (QED) is 0.639. The van der Waals surface area contributed by atoms with Gasteiger partial charge in [0.05, 0.1) is 6.61 Å². The van der Waals surface area contributed by atoms with Crippen LogP contribution < -0.4 is 11.1 Å². The molecule has 3 N–H and O–H groups in total. The molecule has 0 unspecified atom stereocenters. The smallest absolute Gasteiger partial charge is 0.322 e. The maximum absolute atomic E-state index is 11.3. The molecule has 1 aliphatic heterocycles. The average Bonchev–Trinajstić information content (AvgIpc) is 2.19. The van der Waals surface area contributed by atoms with E-state index in [-0.39, 0.29) is 5.97 Å². The first-order valence-electron chi connectivity index (χ1n) is 5.37. The highest BCUT2D eigenvalue weighted by atomic mass is 16.5. The van der Waals surface area contributed by atoms with Crippen LogP contribution >= 0.6 is 0 Å². The lowest BCUT2D eigenvalue weighted by Crippen LogP contribution is -2.37. The number of esters is 1. The molecule has 0 aromatic rings. The second-order valence-electron chi connectivity index (χ2n) is 3.79. The fraction of sp³-hybridized carbons (Fsp3) is 0.900. The molecule has 0 aliphatic carbocycles. The van der Waals surface area contributed by atoms with Gasteiger partial charge in [0.2, 0.25) is 0 Å². The predicted molar refractivity (Wildman–Crippen MR) is 54.8 cm³/mol. The highest BCUT2D eigenvalue weighted by Gasteiger charge is 2.21. The topological polar surface area (TPSA) is 64.3 Å². The van der Waals surface area contributed by atoms with Crippen molar-refractivity contribution in [2.45, 2.75) is 32.2 Å². The fourth-order valence-corrected chi connectivity index (χ4v) is 1.82. The van der Waals surface area contributed by atoms with Crippen molar-refractivity contribution in [3.8, 4) is 0 Å². The third-order valence-corrected chi connectivity index (χ3v) is 2.64. The van der Waals surface area contributed by atoms with Crippen molar-refractivity contribution in [1.29, 1.82) is 0 Å². The van der Waals surface area contributed by atoms with Gasteiger partial charge in [0.15, 0.2) is 0 Å². The van der Waals surface area contributed by atoms with Crippen molar-refractivity contribution in [2.24, 2.45) is 11.7 Å². The molecular weight excluding hydrogens is 180 g/mol. The molecule has 1 atom stereocenters. The third kappa shape index (κ3) is 3.64. The van der Waals surface area contributed by atoms with Crippen LogP contribution in [0.1, 0.15) is 26.2 Å². The molecule has 4 heteroatoms. The lowest BCUT2D eigenvalue weighted by Gasteiger charge is -2.24. The molecule has 0 aromatic heterocycles. The highest BCUT2D eigenvalue weighted by molar-refractivity contribution is 5.75. The van der Waals surface area contributed by atoms with E-state index in [1.807, 2.05) is 0 Å². The van der Waals surface area contributed by atoms with Crippen molar-refractivity contribution in [2.75, 3.05) is 19.7 Å². The first kappa shape index (κ1) is 11.5. The normalized spacial score (nSPS) is 20.4. The van der Waals surface area contributed by atoms with E-state index in [1.54, 1.807) is 6.92 Å². The summed E-state index contributed by atoms with van der Waals surface area (Å²) < 4.78 is 4.87. The van der Waals surface area contributed by atoms with Crippen molar-refractivity contribution >= 4 is 5.97 Å². The fourth-order valence-electron chi connectivity index (χ4n) is 1.82. The van der Waals surface area contributed by atoms with Gasteiger partial charge in [-0.05, 0) is 45.2 Å². The summed E-state index contributed by atoms with van der Waals surface area (Å²) in [7, 11) is 0. The Morgan fingerprint density at radius 3 is 2.79 bits per heavy atom. The second-order valence-corrected chi connectivity index (χ2v) is 3.79. The summed E-state index contributed by atoms with van der Waals surface area (Å²) in [6, 6.07) is -0.432. The van der Waals surface area contributed by atoms with Gasteiger partial charge in [-0.1, -0.05) is 0 Å². The predicted octanol–water partition coefficient (Wildman–Crippen LogP) is 0.267. The van der Waals surface area contributed by atoms with Crippen LogP contribution in [-0.2, 0) is 9.53 Å². The van der Waals surface area contributed by atoms with Gasteiger partial charge >= 0.3 is 5.97 Å². The lowest BCUT2D eigenvalue weighted by molar-refractivity contribution is -0.145. The number of rotatable bonds is 4. The lowest BCUT2D eigenvalue weighted by atomic mass is 9.91. The molecule has 0 saturated carbocycles. The van der Waals surface area contributed by atoms with Crippen LogP contribution in [0.25, 0.3) is 0 Å². The standard InChI is InChI=1S/C10H20N2O2/c1-2-14-10(13)9(11)7-8-3-5-12-6-4-8/h8-9,12H,2-7,11H2,1H3/t9-/m0/s1. The molecule has 1 heterocycles. The Kier molecular flexibility index (Phi) is 4.90. The number of carbonyl (C=O) groups is 1. The van der Waals surface area contributed by atoms with E-state index in [4.69, 9.17) is 10.5 Å². The molecule has 0 bridgehead atoms. The molecule has 0 spiro atoms. The maximum Gasteiger partial charge on any atom is 0.322 e. The van der Waals surface area contributed by atoms with E-state index >= 15 is 0 Å². The molecule has 0 radical (unpaired) electrons. The Hall–Kier alpha value is -0.610. The number of nitrogens with two attached hydrogens (primary N) is 1. The largest absolute Gasteiger partial charge is 0.465 e. The number of carbonyl (C=O) groups excluding carboxylic acids is 1. The van der Waals surface area contributed by atoms with E-state index < -0.39 is 6.04 Å². The highest BCUT2D eigenvalue weighted by Crippen LogP contribution is 2.17. The van der Waals surface area contributed by atoms with Gasteiger partial charge in [0.1, 0.15) is 6.04 Å². The van der Waals surface area contributed by atoms with Crippen LogP contribution in [-0.4, -0.2) is 31.7 Å². The van der Waals surface area contributed by atoms with Crippen LogP contribution in [0.15, 0.2) is 0 Å². The summed E-state index contributed by atoms with van der Waals surface area (Å²) >= 11 is 0. The monoisotopic (exact) mass is 200 g/mol. The van der Waals surface area contributed by atoms with Crippen molar-refractivity contribution < 1.29 is 9.53 Å². The average molecular weight is 200 g/mol. The Labute approximate surface area is 85.2 Å². The first-order valence-corrected chi connectivity index (χ1v) is 5.37. The van der Waals surface area contributed by atoms with E-state index in [9.17, 15) is 4.79 Å².